The van der Waals surface area contributed by atoms with Crippen molar-refractivity contribution in [3.63, 3.8) is 0 Å². The number of nitrogens with zero attached hydrogens (tertiary/aromatic N) is 4. The van der Waals surface area contributed by atoms with E-state index in [9.17, 15) is 0 Å². The van der Waals surface area contributed by atoms with Crippen molar-refractivity contribution in [3.05, 3.63) is 65.4 Å². The first kappa shape index (κ1) is 22.8. The third kappa shape index (κ3) is 3.09. The van der Waals surface area contributed by atoms with Gasteiger partial charge in [-0.2, -0.15) is 0 Å². The lowest BCUT2D eigenvalue weighted by Gasteiger charge is -2.47. The summed E-state index contributed by atoms with van der Waals surface area (Å²) in [5.74, 6) is 2.10. The predicted octanol–water partition coefficient (Wildman–Crippen LogP) is 7.53. The molecule has 2 aliphatic rings. The zero-order valence-electron chi connectivity index (χ0n) is 21.3. The van der Waals surface area contributed by atoms with Crippen LogP contribution in [-0.2, 0) is 5.67 Å². The first-order valence-electron chi connectivity index (χ1n) is 12.5. The summed E-state index contributed by atoms with van der Waals surface area (Å²) in [7, 11) is 2.04. The van der Waals surface area contributed by atoms with Crippen LogP contribution in [0.15, 0.2) is 48.7 Å². The highest BCUT2D eigenvalue weighted by molar-refractivity contribution is 5.85. The molecule has 3 heterocycles. The molecule has 0 amide bonds. The molecule has 0 bridgehead atoms. The van der Waals surface area contributed by atoms with E-state index in [1.807, 2.05) is 51.4 Å². The van der Waals surface area contributed by atoms with Gasteiger partial charge in [0.05, 0.1) is 6.20 Å². The van der Waals surface area contributed by atoms with Gasteiger partial charge in [0.15, 0.2) is 11.6 Å². The molecule has 0 spiro atoms. The van der Waals surface area contributed by atoms with Gasteiger partial charge in [-0.25, -0.2) is 14.4 Å². The van der Waals surface area contributed by atoms with Gasteiger partial charge in [-0.3, -0.25) is 0 Å². The molecule has 1 aromatic heterocycles. The molecule has 5 rings (SSSR count). The van der Waals surface area contributed by atoms with E-state index in [0.29, 0.717) is 18.3 Å². The highest BCUT2D eigenvalue weighted by Crippen LogP contribution is 2.56. The maximum absolute atomic E-state index is 16.5. The van der Waals surface area contributed by atoms with Crippen molar-refractivity contribution in [2.45, 2.75) is 71.6 Å². The summed E-state index contributed by atoms with van der Waals surface area (Å²) in [5, 5.41) is 0. The minimum Gasteiger partial charge on any atom is -0.337 e. The van der Waals surface area contributed by atoms with E-state index >= 15 is 4.39 Å². The number of anilines is 3. The fraction of sp³-hybridized carbons (Fsp3) is 0.448. The topological polar surface area (TPSA) is 32.3 Å². The van der Waals surface area contributed by atoms with E-state index in [1.54, 1.807) is 0 Å². The second-order valence-corrected chi connectivity index (χ2v) is 10.4. The van der Waals surface area contributed by atoms with Crippen molar-refractivity contribution in [1.29, 1.82) is 0 Å². The quantitative estimate of drug-likeness (QED) is 0.404. The van der Waals surface area contributed by atoms with Gasteiger partial charge in [0.25, 0.3) is 0 Å². The normalized spacial score (nSPS) is 23.4. The fourth-order valence-corrected chi connectivity index (χ4v) is 6.03. The summed E-state index contributed by atoms with van der Waals surface area (Å²) in [6, 6.07) is 14.4. The van der Waals surface area contributed by atoms with Crippen LogP contribution in [0.5, 0.6) is 0 Å². The molecule has 0 radical (unpaired) electrons. The Morgan fingerprint density at radius 1 is 0.971 bits per heavy atom. The molecule has 0 saturated heterocycles. The fourth-order valence-electron chi connectivity index (χ4n) is 6.03. The van der Waals surface area contributed by atoms with Gasteiger partial charge in [0, 0.05) is 29.8 Å². The second kappa shape index (κ2) is 8.07. The number of para-hydroxylation sites is 1. The minimum absolute atomic E-state index is 0.149. The van der Waals surface area contributed by atoms with Crippen LogP contribution >= 0.6 is 0 Å². The van der Waals surface area contributed by atoms with Gasteiger partial charge in [-0.1, -0.05) is 77.9 Å². The van der Waals surface area contributed by atoms with Crippen molar-refractivity contribution in [2.75, 3.05) is 16.8 Å². The number of aromatic nitrogens is 2. The Bertz CT molecular complexity index is 1210. The first-order chi connectivity index (χ1) is 16.2. The molecule has 34 heavy (non-hydrogen) atoms. The average Bonchev–Trinajstić information content (AvgIpc) is 3.13. The summed E-state index contributed by atoms with van der Waals surface area (Å²) in [5.41, 5.74) is 4.90. The minimum atomic E-state index is -1.39. The molecule has 3 aromatic rings. The van der Waals surface area contributed by atoms with E-state index in [2.05, 4.69) is 55.7 Å². The maximum Gasteiger partial charge on any atom is 0.162 e. The Balaban J connectivity index is 1.71. The van der Waals surface area contributed by atoms with E-state index in [-0.39, 0.29) is 12.1 Å². The summed E-state index contributed by atoms with van der Waals surface area (Å²) < 4.78 is 16.5. The SMILES string of the molecule is CCC1(F)c2ccccc2N2c3cnc(-c4c(C(C)C)cccc4C(C)C)nc3N(C)C2C1C. The zero-order valence-corrected chi connectivity index (χ0v) is 21.3. The highest BCUT2D eigenvalue weighted by atomic mass is 19.1. The van der Waals surface area contributed by atoms with Gasteiger partial charge in [-0.05, 0) is 35.4 Å². The van der Waals surface area contributed by atoms with Crippen LogP contribution in [0.1, 0.15) is 76.5 Å². The van der Waals surface area contributed by atoms with Crippen LogP contribution < -0.4 is 9.80 Å². The molecule has 3 atom stereocenters. The van der Waals surface area contributed by atoms with Crippen LogP contribution in [0.3, 0.4) is 0 Å². The summed E-state index contributed by atoms with van der Waals surface area (Å²) >= 11 is 0. The van der Waals surface area contributed by atoms with E-state index in [4.69, 9.17) is 9.97 Å². The number of rotatable bonds is 4. The Hall–Kier alpha value is -2.95. The van der Waals surface area contributed by atoms with Gasteiger partial charge < -0.3 is 9.80 Å². The first-order valence-corrected chi connectivity index (χ1v) is 12.5. The molecule has 3 unspecified atom stereocenters. The summed E-state index contributed by atoms with van der Waals surface area (Å²) in [4.78, 5) is 14.5. The maximum atomic E-state index is 16.5. The Kier molecular flexibility index (Phi) is 5.42. The van der Waals surface area contributed by atoms with Crippen LogP contribution in [0.4, 0.5) is 21.6 Å². The zero-order chi connectivity index (χ0) is 24.4. The lowest BCUT2D eigenvalue weighted by atomic mass is 9.76. The van der Waals surface area contributed by atoms with Crippen molar-refractivity contribution >= 4 is 17.2 Å². The van der Waals surface area contributed by atoms with E-state index in [0.717, 1.165) is 34.1 Å². The van der Waals surface area contributed by atoms with Crippen molar-refractivity contribution in [1.82, 2.24) is 9.97 Å². The Labute approximate surface area is 202 Å². The lowest BCUT2D eigenvalue weighted by Crippen LogP contribution is -2.54. The average molecular weight is 459 g/mol. The number of hydrogen-bond acceptors (Lipinski definition) is 4. The van der Waals surface area contributed by atoms with Crippen LogP contribution in [0.2, 0.25) is 0 Å². The third-order valence-corrected chi connectivity index (χ3v) is 7.90. The molecule has 2 aromatic carbocycles. The van der Waals surface area contributed by atoms with Crippen LogP contribution in [0.25, 0.3) is 11.4 Å². The van der Waals surface area contributed by atoms with E-state index in [1.165, 1.54) is 11.1 Å². The number of fused-ring (bicyclic) bond motifs is 5. The standard InChI is InChI=1S/C29H35FN4/c1-8-29(30)19(6)28-33(7)27-24(34(28)23-15-10-9-14-22(23)29)16-31-26(32-27)25-20(17(2)3)12-11-13-21(25)18(4)5/h9-19,28H,8H2,1-7H3. The van der Waals surface area contributed by atoms with Gasteiger partial charge >= 0.3 is 0 Å². The van der Waals surface area contributed by atoms with Crippen molar-refractivity contribution < 1.29 is 4.39 Å². The number of hydrogen-bond donors (Lipinski definition) is 0. The number of halogens is 1. The largest absolute Gasteiger partial charge is 0.337 e. The van der Waals surface area contributed by atoms with Crippen molar-refractivity contribution in [2.24, 2.45) is 5.92 Å². The predicted molar refractivity (Wildman–Crippen MR) is 139 cm³/mol. The molecule has 5 heteroatoms. The Morgan fingerprint density at radius 3 is 2.24 bits per heavy atom. The molecule has 178 valence electrons. The van der Waals surface area contributed by atoms with Crippen molar-refractivity contribution in [3.8, 4) is 11.4 Å². The Morgan fingerprint density at radius 2 is 1.62 bits per heavy atom. The monoisotopic (exact) mass is 458 g/mol. The molecule has 4 nitrogen and oxygen atoms in total. The smallest absolute Gasteiger partial charge is 0.162 e. The molecule has 0 N–H and O–H groups in total. The molecular weight excluding hydrogens is 423 g/mol. The summed E-state index contributed by atoms with van der Waals surface area (Å²) in [6.07, 6.45) is 2.23. The third-order valence-electron chi connectivity index (χ3n) is 7.90. The number of benzene rings is 2. The molecule has 0 saturated carbocycles. The lowest BCUT2D eigenvalue weighted by molar-refractivity contribution is 0.0610. The van der Waals surface area contributed by atoms with Gasteiger partial charge in [0.2, 0.25) is 0 Å². The van der Waals surface area contributed by atoms with Crippen LogP contribution in [-0.4, -0.2) is 23.2 Å². The molecule has 0 aliphatic carbocycles. The number of alkyl halides is 1. The van der Waals surface area contributed by atoms with Gasteiger partial charge in [0.1, 0.15) is 17.5 Å². The van der Waals surface area contributed by atoms with Gasteiger partial charge in [-0.15, -0.1) is 0 Å². The van der Waals surface area contributed by atoms with E-state index < -0.39 is 5.67 Å². The molecule has 2 aliphatic heterocycles. The molecule has 0 fully saturated rings. The molecular formula is C29H35FN4. The van der Waals surface area contributed by atoms with Crippen LogP contribution in [0, 0.1) is 5.92 Å². The highest BCUT2D eigenvalue weighted by Gasteiger charge is 2.54. The summed E-state index contributed by atoms with van der Waals surface area (Å²) in [6.45, 7) is 12.8. The second-order valence-electron chi connectivity index (χ2n) is 10.4.